The SMILES string of the molecule is COc1ccc(C(=O)N2C[C@@H](C(=O)NCc3ccc4c(c3)OCO4)[C@H](c3cccc(C(F)(F)F)c3)C2)cc1. The molecule has 0 saturated carbocycles. The van der Waals surface area contributed by atoms with E-state index in [4.69, 9.17) is 14.2 Å². The number of rotatable bonds is 6. The van der Waals surface area contributed by atoms with Crippen molar-refractivity contribution < 1.29 is 37.0 Å². The van der Waals surface area contributed by atoms with Crippen LogP contribution >= 0.6 is 0 Å². The molecular formula is C28H25F3N2O5. The van der Waals surface area contributed by atoms with Gasteiger partial charge in [-0.3, -0.25) is 9.59 Å². The van der Waals surface area contributed by atoms with Gasteiger partial charge in [-0.15, -0.1) is 0 Å². The summed E-state index contributed by atoms with van der Waals surface area (Å²) in [4.78, 5) is 28.1. The summed E-state index contributed by atoms with van der Waals surface area (Å²) in [5.74, 6) is -0.230. The third-order valence-corrected chi connectivity index (χ3v) is 6.83. The lowest BCUT2D eigenvalue weighted by atomic mass is 9.87. The molecule has 38 heavy (non-hydrogen) atoms. The summed E-state index contributed by atoms with van der Waals surface area (Å²) in [7, 11) is 1.52. The van der Waals surface area contributed by atoms with Crippen LogP contribution in [-0.2, 0) is 17.5 Å². The highest BCUT2D eigenvalue weighted by atomic mass is 19.4. The number of alkyl halides is 3. The van der Waals surface area contributed by atoms with E-state index >= 15 is 0 Å². The molecule has 0 unspecified atom stereocenters. The van der Waals surface area contributed by atoms with Crippen molar-refractivity contribution in [2.45, 2.75) is 18.6 Å². The number of ether oxygens (including phenoxy) is 3. The van der Waals surface area contributed by atoms with Crippen LogP contribution in [0.4, 0.5) is 13.2 Å². The molecule has 3 aromatic rings. The Morgan fingerprint density at radius 3 is 2.50 bits per heavy atom. The lowest BCUT2D eigenvalue weighted by Crippen LogP contribution is -2.35. The first-order valence-corrected chi connectivity index (χ1v) is 12.0. The normalized spacial score (nSPS) is 18.4. The molecule has 2 amide bonds. The van der Waals surface area contributed by atoms with Crippen molar-refractivity contribution >= 4 is 11.8 Å². The summed E-state index contributed by atoms with van der Waals surface area (Å²) >= 11 is 0. The Morgan fingerprint density at radius 2 is 1.76 bits per heavy atom. The van der Waals surface area contributed by atoms with Gasteiger partial charge < -0.3 is 24.4 Å². The largest absolute Gasteiger partial charge is 0.497 e. The number of nitrogens with one attached hydrogen (secondary N) is 1. The molecule has 7 nitrogen and oxygen atoms in total. The number of methoxy groups -OCH3 is 1. The predicted molar refractivity (Wildman–Crippen MR) is 131 cm³/mol. The van der Waals surface area contributed by atoms with Crippen molar-refractivity contribution in [2.24, 2.45) is 5.92 Å². The van der Waals surface area contributed by atoms with Gasteiger partial charge in [0.2, 0.25) is 12.7 Å². The number of nitrogens with zero attached hydrogens (tertiary/aromatic N) is 1. The topological polar surface area (TPSA) is 77.1 Å². The smallest absolute Gasteiger partial charge is 0.416 e. The number of carbonyl (C=O) groups is 2. The number of likely N-dealkylation sites (tertiary alicyclic amines) is 1. The number of fused-ring (bicyclic) bond motifs is 1. The predicted octanol–water partition coefficient (Wildman–Crippen LogP) is 4.61. The van der Waals surface area contributed by atoms with E-state index in [9.17, 15) is 22.8 Å². The molecular weight excluding hydrogens is 501 g/mol. The summed E-state index contributed by atoms with van der Waals surface area (Å²) in [6.45, 7) is 0.491. The van der Waals surface area contributed by atoms with E-state index in [-0.39, 0.29) is 38.2 Å². The molecule has 0 radical (unpaired) electrons. The summed E-state index contributed by atoms with van der Waals surface area (Å²) < 4.78 is 56.1. The molecule has 198 valence electrons. The molecule has 2 aliphatic rings. The first-order chi connectivity index (χ1) is 18.2. The standard InChI is InChI=1S/C28H25F3N2O5/c1-36-21-8-6-18(7-9-21)27(35)33-14-22(19-3-2-4-20(12-19)28(29,30)31)23(15-33)26(34)32-13-17-5-10-24-25(11-17)38-16-37-24/h2-12,22-23H,13-16H2,1H3,(H,32,34)/t22-,23+/m0/s1. The highest BCUT2D eigenvalue weighted by Crippen LogP contribution is 2.37. The number of amides is 2. The van der Waals surface area contributed by atoms with Crippen molar-refractivity contribution in [3.05, 3.63) is 89.0 Å². The van der Waals surface area contributed by atoms with Gasteiger partial charge in [0.25, 0.3) is 5.91 Å². The molecule has 1 fully saturated rings. The third-order valence-electron chi connectivity index (χ3n) is 6.83. The molecule has 2 atom stereocenters. The number of carbonyl (C=O) groups excluding carboxylic acids is 2. The van der Waals surface area contributed by atoms with Gasteiger partial charge in [0.15, 0.2) is 11.5 Å². The summed E-state index contributed by atoms with van der Waals surface area (Å²) in [6, 6.07) is 16.8. The minimum Gasteiger partial charge on any atom is -0.497 e. The quantitative estimate of drug-likeness (QED) is 0.508. The van der Waals surface area contributed by atoms with Crippen molar-refractivity contribution in [3.8, 4) is 17.2 Å². The van der Waals surface area contributed by atoms with E-state index in [0.717, 1.165) is 17.7 Å². The third kappa shape index (κ3) is 5.25. The first-order valence-electron chi connectivity index (χ1n) is 12.0. The zero-order chi connectivity index (χ0) is 26.9. The highest BCUT2D eigenvalue weighted by molar-refractivity contribution is 5.95. The Kier molecular flexibility index (Phi) is 6.88. The van der Waals surface area contributed by atoms with Gasteiger partial charge in [-0.05, 0) is 53.6 Å². The van der Waals surface area contributed by atoms with Gasteiger partial charge >= 0.3 is 6.18 Å². The first kappa shape index (κ1) is 25.4. The van der Waals surface area contributed by atoms with Crippen molar-refractivity contribution in [2.75, 3.05) is 27.0 Å². The van der Waals surface area contributed by atoms with Crippen LogP contribution in [0.1, 0.15) is 33.0 Å². The zero-order valence-corrected chi connectivity index (χ0v) is 20.5. The second kappa shape index (κ2) is 10.3. The maximum atomic E-state index is 13.4. The summed E-state index contributed by atoms with van der Waals surface area (Å²) in [5, 5.41) is 2.88. The van der Waals surface area contributed by atoms with Crippen molar-refractivity contribution in [1.29, 1.82) is 0 Å². The Labute approximate surface area is 217 Å². The zero-order valence-electron chi connectivity index (χ0n) is 20.5. The van der Waals surface area contributed by atoms with Crippen LogP contribution in [0.15, 0.2) is 66.7 Å². The van der Waals surface area contributed by atoms with E-state index in [1.165, 1.54) is 18.1 Å². The van der Waals surface area contributed by atoms with Crippen LogP contribution in [0.25, 0.3) is 0 Å². The molecule has 1 saturated heterocycles. The molecule has 3 aromatic carbocycles. The highest BCUT2D eigenvalue weighted by Gasteiger charge is 2.41. The molecule has 0 aliphatic carbocycles. The number of hydrogen-bond donors (Lipinski definition) is 1. The van der Waals surface area contributed by atoms with Gasteiger partial charge in [0.05, 0.1) is 18.6 Å². The summed E-state index contributed by atoms with van der Waals surface area (Å²) in [5.41, 5.74) is 0.736. The van der Waals surface area contributed by atoms with Gasteiger partial charge in [-0.25, -0.2) is 0 Å². The number of hydrogen-bond acceptors (Lipinski definition) is 5. The molecule has 0 spiro atoms. The lowest BCUT2D eigenvalue weighted by Gasteiger charge is -2.19. The fourth-order valence-corrected chi connectivity index (χ4v) is 4.81. The van der Waals surface area contributed by atoms with E-state index < -0.39 is 23.6 Å². The van der Waals surface area contributed by atoms with Crippen LogP contribution in [0.5, 0.6) is 17.2 Å². The summed E-state index contributed by atoms with van der Waals surface area (Å²) in [6.07, 6.45) is -4.52. The van der Waals surface area contributed by atoms with E-state index in [0.29, 0.717) is 28.4 Å². The average molecular weight is 527 g/mol. The maximum absolute atomic E-state index is 13.4. The van der Waals surface area contributed by atoms with Crippen LogP contribution in [-0.4, -0.2) is 43.7 Å². The molecule has 5 rings (SSSR count). The monoisotopic (exact) mass is 526 g/mol. The van der Waals surface area contributed by atoms with E-state index in [1.807, 2.05) is 0 Å². The van der Waals surface area contributed by atoms with E-state index in [2.05, 4.69) is 5.32 Å². The number of halogens is 3. The molecule has 0 bridgehead atoms. The lowest BCUT2D eigenvalue weighted by molar-refractivity contribution is -0.137. The molecule has 10 heteroatoms. The van der Waals surface area contributed by atoms with E-state index in [1.54, 1.807) is 48.5 Å². The second-order valence-electron chi connectivity index (χ2n) is 9.18. The molecule has 1 N–H and O–H groups in total. The van der Waals surface area contributed by atoms with Crippen LogP contribution in [0.2, 0.25) is 0 Å². The molecule has 0 aromatic heterocycles. The fraction of sp³-hybridized carbons (Fsp3) is 0.286. The second-order valence-corrected chi connectivity index (χ2v) is 9.18. The van der Waals surface area contributed by atoms with Crippen molar-refractivity contribution in [3.63, 3.8) is 0 Å². The van der Waals surface area contributed by atoms with Crippen LogP contribution in [0, 0.1) is 5.92 Å². The molecule has 2 heterocycles. The molecule has 2 aliphatic heterocycles. The van der Waals surface area contributed by atoms with Crippen LogP contribution in [0.3, 0.4) is 0 Å². The minimum atomic E-state index is -4.52. The average Bonchev–Trinajstić information content (AvgIpc) is 3.58. The maximum Gasteiger partial charge on any atom is 0.416 e. The van der Waals surface area contributed by atoms with Crippen molar-refractivity contribution in [1.82, 2.24) is 10.2 Å². The van der Waals surface area contributed by atoms with Crippen LogP contribution < -0.4 is 19.5 Å². The number of benzene rings is 3. The van der Waals surface area contributed by atoms with Gasteiger partial charge in [0, 0.05) is 31.1 Å². The Hall–Kier alpha value is -4.21. The fourth-order valence-electron chi connectivity index (χ4n) is 4.81. The Bertz CT molecular complexity index is 1340. The van der Waals surface area contributed by atoms with Gasteiger partial charge in [0.1, 0.15) is 5.75 Å². The van der Waals surface area contributed by atoms with Gasteiger partial charge in [-0.2, -0.15) is 13.2 Å². The Morgan fingerprint density at radius 1 is 1.00 bits per heavy atom. The van der Waals surface area contributed by atoms with Gasteiger partial charge in [-0.1, -0.05) is 24.3 Å². The minimum absolute atomic E-state index is 0.0682. The Balaban J connectivity index is 1.37.